The average molecular weight is 300 g/mol. The maximum absolute atomic E-state index is 11.7. The van der Waals surface area contributed by atoms with Crippen LogP contribution in [0, 0.1) is 12.8 Å². The van der Waals surface area contributed by atoms with Crippen LogP contribution in [0.5, 0.6) is 0 Å². The molecule has 1 aromatic rings. The third kappa shape index (κ3) is 4.44. The summed E-state index contributed by atoms with van der Waals surface area (Å²) in [5, 5.41) is 2.79. The molecular formula is C12H18BrN3O. The number of nitrogens with one attached hydrogen (secondary N) is 1. The summed E-state index contributed by atoms with van der Waals surface area (Å²) in [4.78, 5) is 15.8. The molecule has 1 aromatic heterocycles. The lowest BCUT2D eigenvalue weighted by Crippen LogP contribution is -2.31. The van der Waals surface area contributed by atoms with Gasteiger partial charge in [0.25, 0.3) is 0 Å². The van der Waals surface area contributed by atoms with Crippen LogP contribution in [0.2, 0.25) is 0 Å². The highest BCUT2D eigenvalue weighted by atomic mass is 79.9. The van der Waals surface area contributed by atoms with Crippen LogP contribution in [0.4, 0.5) is 5.69 Å². The number of amides is 1. The lowest BCUT2D eigenvalue weighted by atomic mass is 10.0. The van der Waals surface area contributed by atoms with E-state index in [0.717, 1.165) is 10.2 Å². The molecule has 0 saturated carbocycles. The first-order valence-corrected chi connectivity index (χ1v) is 6.37. The fourth-order valence-electron chi connectivity index (χ4n) is 1.29. The first-order valence-electron chi connectivity index (χ1n) is 5.57. The van der Waals surface area contributed by atoms with Crippen LogP contribution in [-0.4, -0.2) is 16.9 Å². The lowest BCUT2D eigenvalue weighted by Gasteiger charge is -2.15. The molecule has 1 atom stereocenters. The minimum absolute atomic E-state index is 0.0743. The third-order valence-electron chi connectivity index (χ3n) is 2.58. The molecule has 1 heterocycles. The highest BCUT2D eigenvalue weighted by Gasteiger charge is 2.13. The van der Waals surface area contributed by atoms with Crippen molar-refractivity contribution in [3.8, 4) is 0 Å². The van der Waals surface area contributed by atoms with E-state index >= 15 is 0 Å². The molecule has 0 fully saturated rings. The number of hydrogen-bond acceptors (Lipinski definition) is 3. The first-order chi connectivity index (χ1) is 7.90. The Morgan fingerprint density at radius 1 is 1.59 bits per heavy atom. The van der Waals surface area contributed by atoms with Gasteiger partial charge in [-0.25, -0.2) is 4.98 Å². The second-order valence-corrected chi connectivity index (χ2v) is 5.24. The van der Waals surface area contributed by atoms with E-state index in [-0.39, 0.29) is 11.9 Å². The topological polar surface area (TPSA) is 68.0 Å². The average Bonchev–Trinajstić information content (AvgIpc) is 2.23. The summed E-state index contributed by atoms with van der Waals surface area (Å²) < 4.78 is 0.786. The quantitative estimate of drug-likeness (QED) is 0.839. The Hall–Kier alpha value is -0.940. The van der Waals surface area contributed by atoms with E-state index in [1.807, 2.05) is 26.8 Å². The Morgan fingerprint density at radius 2 is 2.24 bits per heavy atom. The Labute approximate surface area is 110 Å². The molecule has 94 valence electrons. The smallest absolute Gasteiger partial charge is 0.225 e. The van der Waals surface area contributed by atoms with Crippen molar-refractivity contribution < 1.29 is 4.79 Å². The molecule has 5 heteroatoms. The summed E-state index contributed by atoms with van der Waals surface area (Å²) in [6.07, 6.45) is 1.95. The molecule has 0 aliphatic rings. The molecule has 0 saturated heterocycles. The normalized spacial score (nSPS) is 12.6. The summed E-state index contributed by atoms with van der Waals surface area (Å²) in [5.41, 5.74) is 7.52. The van der Waals surface area contributed by atoms with Gasteiger partial charge >= 0.3 is 0 Å². The van der Waals surface area contributed by atoms with Crippen LogP contribution in [0.25, 0.3) is 0 Å². The summed E-state index contributed by atoms with van der Waals surface area (Å²) in [5.74, 6) is 0.222. The second kappa shape index (κ2) is 6.12. The van der Waals surface area contributed by atoms with Crippen molar-refractivity contribution in [2.75, 3.05) is 5.32 Å². The molecule has 0 radical (unpaired) electrons. The number of halogens is 1. The van der Waals surface area contributed by atoms with Gasteiger partial charge in [0.2, 0.25) is 5.91 Å². The number of pyridine rings is 1. The number of aryl methyl sites for hydroxylation is 1. The lowest BCUT2D eigenvalue weighted by molar-refractivity contribution is -0.116. The zero-order valence-electron chi connectivity index (χ0n) is 10.3. The van der Waals surface area contributed by atoms with Crippen molar-refractivity contribution in [1.82, 2.24) is 4.98 Å². The Kier molecular flexibility index (Phi) is 5.08. The summed E-state index contributed by atoms with van der Waals surface area (Å²) >= 11 is 3.31. The van der Waals surface area contributed by atoms with Gasteiger partial charge in [-0.15, -0.1) is 0 Å². The molecule has 0 bridgehead atoms. The van der Waals surface area contributed by atoms with Gasteiger partial charge in [0.15, 0.2) is 0 Å². The molecule has 0 spiro atoms. The van der Waals surface area contributed by atoms with Gasteiger partial charge in [-0.2, -0.15) is 0 Å². The van der Waals surface area contributed by atoms with E-state index < -0.39 is 0 Å². The molecule has 3 N–H and O–H groups in total. The standard InChI is InChI=1S/C12H18BrN3O/c1-7(2)10(14)5-11(17)16-9-4-8(3)12(13)15-6-9/h4,6-7,10H,5,14H2,1-3H3,(H,16,17). The van der Waals surface area contributed by atoms with Gasteiger partial charge in [-0.05, 0) is 40.4 Å². The maximum atomic E-state index is 11.7. The zero-order valence-corrected chi connectivity index (χ0v) is 11.9. The second-order valence-electron chi connectivity index (χ2n) is 4.49. The molecular weight excluding hydrogens is 282 g/mol. The fraction of sp³-hybridized carbons (Fsp3) is 0.500. The molecule has 1 amide bonds. The van der Waals surface area contributed by atoms with Crippen molar-refractivity contribution in [1.29, 1.82) is 0 Å². The number of nitrogens with two attached hydrogens (primary N) is 1. The summed E-state index contributed by atoms with van der Waals surface area (Å²) in [7, 11) is 0. The van der Waals surface area contributed by atoms with E-state index in [0.29, 0.717) is 18.0 Å². The Morgan fingerprint density at radius 3 is 2.76 bits per heavy atom. The largest absolute Gasteiger partial charge is 0.327 e. The van der Waals surface area contributed by atoms with E-state index in [9.17, 15) is 4.79 Å². The van der Waals surface area contributed by atoms with Gasteiger partial charge in [0.1, 0.15) is 4.60 Å². The van der Waals surface area contributed by atoms with Crippen LogP contribution in [0.3, 0.4) is 0 Å². The van der Waals surface area contributed by atoms with Gasteiger partial charge in [-0.3, -0.25) is 4.79 Å². The van der Waals surface area contributed by atoms with Gasteiger partial charge in [0.05, 0.1) is 11.9 Å². The van der Waals surface area contributed by atoms with Crippen LogP contribution >= 0.6 is 15.9 Å². The van der Waals surface area contributed by atoms with E-state index in [1.54, 1.807) is 6.20 Å². The SMILES string of the molecule is Cc1cc(NC(=O)CC(N)C(C)C)cnc1Br. The van der Waals surface area contributed by atoms with Gasteiger partial charge in [0, 0.05) is 12.5 Å². The molecule has 0 aliphatic heterocycles. The minimum Gasteiger partial charge on any atom is -0.327 e. The minimum atomic E-state index is -0.112. The van der Waals surface area contributed by atoms with E-state index in [2.05, 4.69) is 26.2 Å². The van der Waals surface area contributed by atoms with E-state index in [4.69, 9.17) is 5.73 Å². The maximum Gasteiger partial charge on any atom is 0.225 e. The third-order valence-corrected chi connectivity index (χ3v) is 3.41. The monoisotopic (exact) mass is 299 g/mol. The highest BCUT2D eigenvalue weighted by Crippen LogP contribution is 2.17. The first kappa shape index (κ1) is 14.1. The van der Waals surface area contributed by atoms with Crippen LogP contribution in [0.15, 0.2) is 16.9 Å². The Bertz CT molecular complexity index is 407. The molecule has 0 aromatic carbocycles. The van der Waals surface area contributed by atoms with Gasteiger partial charge in [-0.1, -0.05) is 13.8 Å². The van der Waals surface area contributed by atoms with Crippen molar-refractivity contribution >= 4 is 27.5 Å². The van der Waals surface area contributed by atoms with E-state index in [1.165, 1.54) is 0 Å². The highest BCUT2D eigenvalue weighted by molar-refractivity contribution is 9.10. The van der Waals surface area contributed by atoms with Crippen LogP contribution in [-0.2, 0) is 4.79 Å². The van der Waals surface area contributed by atoms with Crippen molar-refractivity contribution in [2.24, 2.45) is 11.7 Å². The number of carbonyl (C=O) groups is 1. The molecule has 4 nitrogen and oxygen atoms in total. The number of aromatic nitrogens is 1. The number of nitrogens with zero attached hydrogens (tertiary/aromatic N) is 1. The number of rotatable bonds is 4. The molecule has 0 aliphatic carbocycles. The van der Waals surface area contributed by atoms with Crippen molar-refractivity contribution in [3.63, 3.8) is 0 Å². The van der Waals surface area contributed by atoms with Gasteiger partial charge < -0.3 is 11.1 Å². The number of carbonyl (C=O) groups excluding carboxylic acids is 1. The summed E-state index contributed by atoms with van der Waals surface area (Å²) in [6, 6.07) is 1.76. The predicted octanol–water partition coefficient (Wildman–Crippen LogP) is 2.46. The Balaban J connectivity index is 2.59. The van der Waals surface area contributed by atoms with Crippen molar-refractivity contribution in [3.05, 3.63) is 22.4 Å². The summed E-state index contributed by atoms with van der Waals surface area (Å²) in [6.45, 7) is 5.93. The number of anilines is 1. The zero-order chi connectivity index (χ0) is 13.0. The van der Waals surface area contributed by atoms with Crippen molar-refractivity contribution in [2.45, 2.75) is 33.2 Å². The number of hydrogen-bond donors (Lipinski definition) is 2. The van der Waals surface area contributed by atoms with Crippen LogP contribution < -0.4 is 11.1 Å². The fourth-order valence-corrected chi connectivity index (χ4v) is 1.51. The molecule has 1 unspecified atom stereocenters. The molecule has 17 heavy (non-hydrogen) atoms. The predicted molar refractivity (Wildman–Crippen MR) is 72.7 cm³/mol. The van der Waals surface area contributed by atoms with Crippen LogP contribution in [0.1, 0.15) is 25.8 Å². The molecule has 1 rings (SSSR count).